The first-order chi connectivity index (χ1) is 13.4. The van der Waals surface area contributed by atoms with Crippen molar-refractivity contribution < 1.29 is 14.5 Å². The van der Waals surface area contributed by atoms with Gasteiger partial charge in [0.25, 0.3) is 0 Å². The van der Waals surface area contributed by atoms with Crippen molar-refractivity contribution in [2.45, 2.75) is 30.4 Å². The number of carbonyl (C=O) groups excluding carboxylic acids is 1. The minimum atomic E-state index is -0.714. The van der Waals surface area contributed by atoms with Crippen LogP contribution in [-0.2, 0) is 9.53 Å². The molecule has 1 aromatic rings. The Hall–Kier alpha value is -2.66. The number of esters is 1. The summed E-state index contributed by atoms with van der Waals surface area (Å²) in [5.41, 5.74) is 8.02. The fourth-order valence-electron chi connectivity index (χ4n) is 3.02. The molecule has 0 spiro atoms. The van der Waals surface area contributed by atoms with E-state index in [4.69, 9.17) is 10.5 Å². The summed E-state index contributed by atoms with van der Waals surface area (Å²) in [4.78, 5) is 23.5. The molecule has 148 valence electrons. The van der Waals surface area contributed by atoms with Crippen molar-refractivity contribution in [1.82, 2.24) is 5.32 Å². The molecule has 3 N–H and O–H groups in total. The molecule has 1 heterocycles. The summed E-state index contributed by atoms with van der Waals surface area (Å²) < 4.78 is 5.25. The number of allylic oxidation sites excluding steroid dienone is 3. The number of nitro groups is 1. The van der Waals surface area contributed by atoms with Gasteiger partial charge in [0.1, 0.15) is 0 Å². The number of dihydropyridines is 1. The van der Waals surface area contributed by atoms with E-state index in [-0.39, 0.29) is 27.3 Å². The van der Waals surface area contributed by atoms with Gasteiger partial charge in [-0.25, -0.2) is 0 Å². The minimum absolute atomic E-state index is 0.0944. The van der Waals surface area contributed by atoms with Crippen molar-refractivity contribution in [3.8, 4) is 6.07 Å². The predicted molar refractivity (Wildman–Crippen MR) is 105 cm³/mol. The summed E-state index contributed by atoms with van der Waals surface area (Å²) >= 11 is 0.173. The molecule has 1 unspecified atom stereocenters. The summed E-state index contributed by atoms with van der Waals surface area (Å²) in [6, 6.07) is 8.19. The molecular formula is C19H22N4O4Se. The number of rotatable bonds is 8. The van der Waals surface area contributed by atoms with Gasteiger partial charge in [0.15, 0.2) is 0 Å². The Morgan fingerprint density at radius 2 is 2.25 bits per heavy atom. The Morgan fingerprint density at radius 3 is 2.86 bits per heavy atom. The van der Waals surface area contributed by atoms with Crippen molar-refractivity contribution in [2.75, 3.05) is 13.2 Å². The van der Waals surface area contributed by atoms with Crippen LogP contribution in [0.4, 0.5) is 5.69 Å². The monoisotopic (exact) mass is 450 g/mol. The molecule has 8 nitrogen and oxygen atoms in total. The molecule has 0 aromatic heterocycles. The van der Waals surface area contributed by atoms with Gasteiger partial charge in [0.05, 0.1) is 0 Å². The third kappa shape index (κ3) is 4.78. The summed E-state index contributed by atoms with van der Waals surface area (Å²) in [7, 11) is 0. The number of non-ortho nitro benzene ring substituents is 1. The van der Waals surface area contributed by atoms with Crippen LogP contribution in [0.15, 0.2) is 46.8 Å². The van der Waals surface area contributed by atoms with E-state index in [1.807, 2.05) is 0 Å². The van der Waals surface area contributed by atoms with E-state index >= 15 is 0 Å². The summed E-state index contributed by atoms with van der Waals surface area (Å²) in [6.07, 6.45) is 0. The number of benzene rings is 1. The van der Waals surface area contributed by atoms with Crippen LogP contribution in [0, 0.1) is 21.4 Å². The standard InChI is InChI=1S/C19H22N4O4Se/c1-3-27-19(24)18-16(11-28-8-7-20)22-12(2)15(10-21)17(18)13-5-4-6-14(9-13)23(25)26/h4-6,9,17,22H,3,7-8,11,20H2,1-2H3. The van der Waals surface area contributed by atoms with E-state index in [0.717, 1.165) is 5.32 Å². The molecule has 0 amide bonds. The van der Waals surface area contributed by atoms with Crippen LogP contribution < -0.4 is 11.1 Å². The Kier molecular flexibility index (Phi) is 7.76. The summed E-state index contributed by atoms with van der Waals surface area (Å²) in [6.45, 7) is 4.23. The zero-order valence-electron chi connectivity index (χ0n) is 15.7. The average Bonchev–Trinajstić information content (AvgIpc) is 2.67. The van der Waals surface area contributed by atoms with Gasteiger partial charge in [0, 0.05) is 0 Å². The van der Waals surface area contributed by atoms with Crippen LogP contribution in [0.3, 0.4) is 0 Å². The predicted octanol–water partition coefficient (Wildman–Crippen LogP) is 2.40. The van der Waals surface area contributed by atoms with Crippen LogP contribution in [0.1, 0.15) is 25.3 Å². The molecule has 1 atom stereocenters. The van der Waals surface area contributed by atoms with Crippen molar-refractivity contribution in [2.24, 2.45) is 5.73 Å². The van der Waals surface area contributed by atoms with Gasteiger partial charge in [-0.1, -0.05) is 0 Å². The third-order valence-electron chi connectivity index (χ3n) is 4.18. The number of nitrogens with two attached hydrogens (primary N) is 1. The Morgan fingerprint density at radius 1 is 1.50 bits per heavy atom. The maximum absolute atomic E-state index is 12.8. The molecule has 0 bridgehead atoms. The zero-order chi connectivity index (χ0) is 20.7. The van der Waals surface area contributed by atoms with Gasteiger partial charge in [-0.3, -0.25) is 0 Å². The normalized spacial score (nSPS) is 16.4. The number of nitrogens with zero attached hydrogens (tertiary/aromatic N) is 2. The SMILES string of the molecule is CCOC(=O)C1=C(C[Se]CCN)NC(C)=C(C#N)C1c1cccc([N+](=O)[O-])c1. The molecule has 0 saturated carbocycles. The number of ether oxygens (including phenoxy) is 1. The van der Waals surface area contributed by atoms with Crippen LogP contribution in [0.2, 0.25) is 10.6 Å². The van der Waals surface area contributed by atoms with Gasteiger partial charge in [-0.15, -0.1) is 0 Å². The van der Waals surface area contributed by atoms with E-state index in [1.54, 1.807) is 26.0 Å². The third-order valence-corrected chi connectivity index (χ3v) is 6.32. The molecule has 1 aliphatic rings. The second kappa shape index (κ2) is 10.0. The molecule has 1 aromatic carbocycles. The Labute approximate surface area is 169 Å². The van der Waals surface area contributed by atoms with Gasteiger partial charge < -0.3 is 0 Å². The average molecular weight is 449 g/mol. The summed E-state index contributed by atoms with van der Waals surface area (Å²) in [5.74, 6) is -1.24. The van der Waals surface area contributed by atoms with Crippen molar-refractivity contribution >= 4 is 26.6 Å². The Balaban J connectivity index is 2.63. The van der Waals surface area contributed by atoms with Gasteiger partial charge in [0.2, 0.25) is 0 Å². The van der Waals surface area contributed by atoms with Crippen LogP contribution in [0.5, 0.6) is 0 Å². The first-order valence-electron chi connectivity index (χ1n) is 8.74. The zero-order valence-corrected chi connectivity index (χ0v) is 17.4. The Bertz CT molecular complexity index is 873. The van der Waals surface area contributed by atoms with E-state index in [9.17, 15) is 20.2 Å². The molecule has 28 heavy (non-hydrogen) atoms. The molecular weight excluding hydrogens is 427 g/mol. The van der Waals surface area contributed by atoms with Crippen molar-refractivity contribution in [1.29, 1.82) is 5.26 Å². The number of hydrogen-bond donors (Lipinski definition) is 2. The van der Waals surface area contributed by atoms with Gasteiger partial charge >= 0.3 is 169 Å². The first kappa shape index (κ1) is 21.6. The molecule has 0 fully saturated rings. The topological polar surface area (TPSA) is 131 Å². The van der Waals surface area contributed by atoms with E-state index < -0.39 is 16.8 Å². The first-order valence-corrected chi connectivity index (χ1v) is 11.2. The molecule has 0 radical (unpaired) electrons. The van der Waals surface area contributed by atoms with Crippen LogP contribution in [0.25, 0.3) is 0 Å². The second-order valence-corrected chi connectivity index (χ2v) is 8.33. The van der Waals surface area contributed by atoms with Crippen molar-refractivity contribution in [3.05, 3.63) is 62.5 Å². The molecule has 1 aliphatic heterocycles. The quantitative estimate of drug-likeness (QED) is 0.205. The number of hydrogen-bond acceptors (Lipinski definition) is 7. The van der Waals surface area contributed by atoms with Gasteiger partial charge in [-0.05, 0) is 0 Å². The summed E-state index contributed by atoms with van der Waals surface area (Å²) in [5, 5.41) is 25.6. The van der Waals surface area contributed by atoms with E-state index in [2.05, 4.69) is 11.4 Å². The fraction of sp³-hybridized carbons (Fsp3) is 0.368. The molecule has 9 heteroatoms. The number of carbonyl (C=O) groups is 1. The van der Waals surface area contributed by atoms with E-state index in [0.29, 0.717) is 40.0 Å². The van der Waals surface area contributed by atoms with Crippen LogP contribution >= 0.6 is 0 Å². The van der Waals surface area contributed by atoms with E-state index in [1.165, 1.54) is 12.1 Å². The molecule has 0 aliphatic carbocycles. The second-order valence-electron chi connectivity index (χ2n) is 6.01. The maximum atomic E-state index is 12.8. The van der Waals surface area contributed by atoms with Crippen molar-refractivity contribution in [3.63, 3.8) is 0 Å². The molecule has 2 rings (SSSR count). The van der Waals surface area contributed by atoms with Gasteiger partial charge in [-0.2, -0.15) is 0 Å². The molecule has 0 saturated heterocycles. The number of nitro benzene ring substituents is 1. The van der Waals surface area contributed by atoms with Crippen LogP contribution in [-0.4, -0.2) is 39.0 Å². The number of nitriles is 1. The fourth-order valence-corrected chi connectivity index (χ4v) is 4.58. The number of nitrogens with one attached hydrogen (secondary N) is 1.